The number of aryl methyl sites for hydroxylation is 1. The molecule has 0 fully saturated rings. The van der Waals surface area contributed by atoms with Crippen molar-refractivity contribution >= 4 is 0 Å². The molecule has 0 atom stereocenters. The topological polar surface area (TPSA) is 57.2 Å². The summed E-state index contributed by atoms with van der Waals surface area (Å²) in [4.78, 5) is 11.7. The Bertz CT molecular complexity index is 605. The third kappa shape index (κ3) is 3.23. The number of nitrogens with zero attached hydrogens (tertiary/aromatic N) is 1. The number of pyridine rings is 1. The SMILES string of the molecule is Cc1cccc(=O)n1CCOc1ccccc1CN. The number of para-hydroxylation sites is 1. The van der Waals surface area contributed by atoms with Crippen molar-refractivity contribution in [2.24, 2.45) is 5.73 Å². The van der Waals surface area contributed by atoms with Crippen molar-refractivity contribution in [1.29, 1.82) is 0 Å². The molecule has 2 aromatic rings. The molecule has 2 rings (SSSR count). The zero-order valence-electron chi connectivity index (χ0n) is 11.0. The monoisotopic (exact) mass is 258 g/mol. The summed E-state index contributed by atoms with van der Waals surface area (Å²) >= 11 is 0. The molecule has 0 aliphatic carbocycles. The molecular formula is C15H18N2O2. The second kappa shape index (κ2) is 6.20. The number of hydrogen-bond acceptors (Lipinski definition) is 3. The van der Waals surface area contributed by atoms with Crippen LogP contribution in [-0.4, -0.2) is 11.2 Å². The van der Waals surface area contributed by atoms with Gasteiger partial charge in [-0.15, -0.1) is 0 Å². The van der Waals surface area contributed by atoms with E-state index in [-0.39, 0.29) is 5.56 Å². The molecule has 0 radical (unpaired) electrons. The quantitative estimate of drug-likeness (QED) is 0.888. The lowest BCUT2D eigenvalue weighted by molar-refractivity contribution is 0.292. The summed E-state index contributed by atoms with van der Waals surface area (Å²) in [6.07, 6.45) is 0. The van der Waals surface area contributed by atoms with Gasteiger partial charge in [0.2, 0.25) is 0 Å². The highest BCUT2D eigenvalue weighted by Gasteiger charge is 2.02. The van der Waals surface area contributed by atoms with Crippen molar-refractivity contribution in [2.75, 3.05) is 6.61 Å². The number of nitrogens with two attached hydrogens (primary N) is 1. The first kappa shape index (κ1) is 13.4. The van der Waals surface area contributed by atoms with E-state index in [1.165, 1.54) is 0 Å². The van der Waals surface area contributed by atoms with Crippen LogP contribution in [0, 0.1) is 6.92 Å². The van der Waals surface area contributed by atoms with Gasteiger partial charge in [0, 0.05) is 23.9 Å². The summed E-state index contributed by atoms with van der Waals surface area (Å²) in [5.41, 5.74) is 7.55. The fourth-order valence-electron chi connectivity index (χ4n) is 1.97. The maximum absolute atomic E-state index is 11.7. The van der Waals surface area contributed by atoms with E-state index in [2.05, 4.69) is 0 Å². The summed E-state index contributed by atoms with van der Waals surface area (Å²) in [6.45, 7) is 3.34. The number of rotatable bonds is 5. The van der Waals surface area contributed by atoms with Crippen LogP contribution in [0.15, 0.2) is 47.3 Å². The van der Waals surface area contributed by atoms with Crippen LogP contribution in [0.2, 0.25) is 0 Å². The molecule has 100 valence electrons. The number of aromatic nitrogens is 1. The van der Waals surface area contributed by atoms with Crippen LogP contribution < -0.4 is 16.0 Å². The van der Waals surface area contributed by atoms with Gasteiger partial charge >= 0.3 is 0 Å². The van der Waals surface area contributed by atoms with Crippen molar-refractivity contribution in [1.82, 2.24) is 4.57 Å². The van der Waals surface area contributed by atoms with E-state index in [0.717, 1.165) is 17.0 Å². The summed E-state index contributed by atoms with van der Waals surface area (Å²) < 4.78 is 7.40. The standard InChI is InChI=1S/C15H18N2O2/c1-12-5-4-8-15(18)17(12)9-10-19-14-7-3-2-6-13(14)11-16/h2-8H,9-11,16H2,1H3. The Labute approximate surface area is 112 Å². The van der Waals surface area contributed by atoms with Crippen molar-refractivity contribution in [3.05, 3.63) is 64.1 Å². The second-order valence-electron chi connectivity index (χ2n) is 4.32. The molecule has 2 N–H and O–H groups in total. The smallest absolute Gasteiger partial charge is 0.250 e. The van der Waals surface area contributed by atoms with Crippen molar-refractivity contribution in [3.63, 3.8) is 0 Å². The second-order valence-corrected chi connectivity index (χ2v) is 4.32. The molecule has 0 unspecified atom stereocenters. The average Bonchev–Trinajstić information content (AvgIpc) is 2.42. The Morgan fingerprint density at radius 3 is 2.68 bits per heavy atom. The van der Waals surface area contributed by atoms with Crippen LogP contribution >= 0.6 is 0 Å². The number of benzene rings is 1. The largest absolute Gasteiger partial charge is 0.491 e. The van der Waals surface area contributed by atoms with Gasteiger partial charge in [-0.25, -0.2) is 0 Å². The maximum atomic E-state index is 11.7. The highest BCUT2D eigenvalue weighted by atomic mass is 16.5. The third-order valence-corrected chi connectivity index (χ3v) is 3.03. The predicted octanol–water partition coefficient (Wildman–Crippen LogP) is 1.69. The van der Waals surface area contributed by atoms with Crippen molar-refractivity contribution < 1.29 is 4.74 Å². The summed E-state index contributed by atoms with van der Waals surface area (Å²) in [5, 5.41) is 0. The maximum Gasteiger partial charge on any atom is 0.250 e. The lowest BCUT2D eigenvalue weighted by Crippen LogP contribution is -2.24. The Morgan fingerprint density at radius 1 is 1.16 bits per heavy atom. The highest BCUT2D eigenvalue weighted by Crippen LogP contribution is 2.16. The zero-order chi connectivity index (χ0) is 13.7. The first-order valence-electron chi connectivity index (χ1n) is 6.29. The van der Waals surface area contributed by atoms with E-state index in [9.17, 15) is 4.79 Å². The molecule has 0 bridgehead atoms. The van der Waals surface area contributed by atoms with Crippen LogP contribution in [0.3, 0.4) is 0 Å². The van der Waals surface area contributed by atoms with Crippen LogP contribution in [0.1, 0.15) is 11.3 Å². The molecule has 0 saturated heterocycles. The van der Waals surface area contributed by atoms with Crippen LogP contribution in [0.4, 0.5) is 0 Å². The van der Waals surface area contributed by atoms with E-state index in [4.69, 9.17) is 10.5 Å². The minimum atomic E-state index is -0.00397. The predicted molar refractivity (Wildman–Crippen MR) is 75.3 cm³/mol. The van der Waals surface area contributed by atoms with Crippen LogP contribution in [0.25, 0.3) is 0 Å². The van der Waals surface area contributed by atoms with Crippen LogP contribution in [-0.2, 0) is 13.1 Å². The molecule has 0 aliphatic heterocycles. The van der Waals surface area contributed by atoms with E-state index >= 15 is 0 Å². The molecule has 4 nitrogen and oxygen atoms in total. The molecule has 1 heterocycles. The third-order valence-electron chi connectivity index (χ3n) is 3.03. The fraction of sp³-hybridized carbons (Fsp3) is 0.267. The first-order valence-corrected chi connectivity index (χ1v) is 6.29. The van der Waals surface area contributed by atoms with Crippen LogP contribution in [0.5, 0.6) is 5.75 Å². The first-order chi connectivity index (χ1) is 9.22. The molecule has 1 aromatic carbocycles. The van der Waals surface area contributed by atoms with Gasteiger partial charge in [0.15, 0.2) is 0 Å². The van der Waals surface area contributed by atoms with E-state index < -0.39 is 0 Å². The molecule has 19 heavy (non-hydrogen) atoms. The van der Waals surface area contributed by atoms with E-state index in [0.29, 0.717) is 19.7 Å². The van der Waals surface area contributed by atoms with Gasteiger partial charge in [-0.05, 0) is 19.1 Å². The molecular weight excluding hydrogens is 240 g/mol. The molecule has 1 aromatic heterocycles. The van der Waals surface area contributed by atoms with Gasteiger partial charge in [0.1, 0.15) is 12.4 Å². The number of ether oxygens (including phenoxy) is 1. The highest BCUT2D eigenvalue weighted by molar-refractivity contribution is 5.32. The average molecular weight is 258 g/mol. The normalized spacial score (nSPS) is 10.4. The number of hydrogen-bond donors (Lipinski definition) is 1. The molecule has 4 heteroatoms. The lowest BCUT2D eigenvalue weighted by atomic mass is 10.2. The fourth-order valence-corrected chi connectivity index (χ4v) is 1.97. The minimum absolute atomic E-state index is 0.00397. The van der Waals surface area contributed by atoms with Gasteiger partial charge in [0.05, 0.1) is 6.54 Å². The Hall–Kier alpha value is -2.07. The van der Waals surface area contributed by atoms with Gasteiger partial charge in [-0.3, -0.25) is 4.79 Å². The minimum Gasteiger partial charge on any atom is -0.491 e. The molecule has 0 aliphatic rings. The lowest BCUT2D eigenvalue weighted by Gasteiger charge is -2.12. The van der Waals surface area contributed by atoms with Gasteiger partial charge in [0.25, 0.3) is 5.56 Å². The van der Waals surface area contributed by atoms with E-state index in [1.807, 2.05) is 37.3 Å². The Kier molecular flexibility index (Phi) is 4.36. The summed E-state index contributed by atoms with van der Waals surface area (Å²) in [5.74, 6) is 0.784. The Morgan fingerprint density at radius 2 is 1.95 bits per heavy atom. The zero-order valence-corrected chi connectivity index (χ0v) is 11.0. The molecule has 0 saturated carbocycles. The Balaban J connectivity index is 2.02. The molecule has 0 amide bonds. The summed E-state index contributed by atoms with van der Waals surface area (Å²) in [7, 11) is 0. The van der Waals surface area contributed by atoms with Gasteiger partial charge in [-0.2, -0.15) is 0 Å². The van der Waals surface area contributed by atoms with Crippen molar-refractivity contribution in [2.45, 2.75) is 20.0 Å². The van der Waals surface area contributed by atoms with Gasteiger partial charge in [-0.1, -0.05) is 24.3 Å². The molecule has 0 spiro atoms. The van der Waals surface area contributed by atoms with Gasteiger partial charge < -0.3 is 15.0 Å². The summed E-state index contributed by atoms with van der Waals surface area (Å²) in [6, 6.07) is 12.9. The van der Waals surface area contributed by atoms with Crippen molar-refractivity contribution in [3.8, 4) is 5.75 Å². The van der Waals surface area contributed by atoms with E-state index in [1.54, 1.807) is 16.7 Å².